The molecule has 0 aromatic heterocycles. The minimum absolute atomic E-state index is 0.130. The highest BCUT2D eigenvalue weighted by Gasteiger charge is 2.30. The van der Waals surface area contributed by atoms with Crippen molar-refractivity contribution >= 4 is 10.2 Å². The van der Waals surface area contributed by atoms with Gasteiger partial charge in [-0.3, -0.25) is 0 Å². The van der Waals surface area contributed by atoms with E-state index in [1.54, 1.807) is 0 Å². The van der Waals surface area contributed by atoms with Gasteiger partial charge in [0, 0.05) is 26.2 Å². The predicted octanol–water partition coefficient (Wildman–Crippen LogP) is -0.193. The fraction of sp³-hybridized carbons (Fsp3) is 0.778. The lowest BCUT2D eigenvalue weighted by atomic mass is 10.4. The molecule has 1 N–H and O–H groups in total. The minimum atomic E-state index is -3.39. The van der Waals surface area contributed by atoms with E-state index in [0.717, 1.165) is 12.8 Å². The van der Waals surface area contributed by atoms with Crippen molar-refractivity contribution in [2.45, 2.75) is 12.8 Å². The van der Waals surface area contributed by atoms with Gasteiger partial charge in [-0.25, -0.2) is 0 Å². The molecule has 1 rings (SSSR count). The van der Waals surface area contributed by atoms with Crippen molar-refractivity contribution in [3.05, 3.63) is 12.7 Å². The smallest absolute Gasteiger partial charge is 0.282 e. The molecule has 88 valence electrons. The van der Waals surface area contributed by atoms with E-state index in [9.17, 15) is 8.42 Å². The van der Waals surface area contributed by atoms with Gasteiger partial charge in [0.2, 0.25) is 0 Å². The Morgan fingerprint density at radius 3 is 2.47 bits per heavy atom. The van der Waals surface area contributed by atoms with Crippen molar-refractivity contribution in [3.63, 3.8) is 0 Å². The molecular weight excluding hydrogens is 216 g/mol. The Bertz CT molecular complexity index is 296. The Kier molecular flexibility index (Phi) is 4.72. The first-order valence-electron chi connectivity index (χ1n) is 5.10. The molecular formula is C9H18N2O3S. The zero-order valence-electron chi connectivity index (χ0n) is 8.80. The summed E-state index contributed by atoms with van der Waals surface area (Å²) in [5, 5.41) is 8.81. The molecule has 0 aromatic carbocycles. The maximum absolute atomic E-state index is 12.0. The van der Waals surface area contributed by atoms with Crippen molar-refractivity contribution in [1.82, 2.24) is 8.61 Å². The van der Waals surface area contributed by atoms with Crippen LogP contribution >= 0.6 is 0 Å². The van der Waals surface area contributed by atoms with Crippen molar-refractivity contribution in [3.8, 4) is 0 Å². The molecule has 0 amide bonds. The van der Waals surface area contributed by atoms with Gasteiger partial charge < -0.3 is 5.11 Å². The van der Waals surface area contributed by atoms with E-state index < -0.39 is 10.2 Å². The lowest BCUT2D eigenvalue weighted by Gasteiger charge is -2.25. The molecule has 15 heavy (non-hydrogen) atoms. The van der Waals surface area contributed by atoms with E-state index in [-0.39, 0.29) is 19.7 Å². The van der Waals surface area contributed by atoms with E-state index in [0.29, 0.717) is 13.1 Å². The SMILES string of the molecule is C=CCN(CCO)S(=O)(=O)N1CCCC1. The van der Waals surface area contributed by atoms with E-state index in [2.05, 4.69) is 6.58 Å². The second-order valence-corrected chi connectivity index (χ2v) is 5.41. The number of nitrogens with zero attached hydrogens (tertiary/aromatic N) is 2. The summed E-state index contributed by atoms with van der Waals surface area (Å²) >= 11 is 0. The number of rotatable bonds is 6. The molecule has 1 aliphatic rings. The number of aliphatic hydroxyl groups is 1. The maximum Gasteiger partial charge on any atom is 0.282 e. The largest absolute Gasteiger partial charge is 0.395 e. The summed E-state index contributed by atoms with van der Waals surface area (Å²) in [7, 11) is -3.39. The van der Waals surface area contributed by atoms with Crippen LogP contribution in [0, 0.1) is 0 Å². The third-order valence-electron chi connectivity index (χ3n) is 2.40. The molecule has 0 aliphatic carbocycles. The normalized spacial score (nSPS) is 18.5. The third-order valence-corrected chi connectivity index (χ3v) is 4.40. The van der Waals surface area contributed by atoms with E-state index in [1.807, 2.05) is 0 Å². The molecule has 0 atom stereocenters. The summed E-state index contributed by atoms with van der Waals surface area (Å²) in [6, 6.07) is 0. The van der Waals surface area contributed by atoms with Crippen LogP contribution in [0.25, 0.3) is 0 Å². The van der Waals surface area contributed by atoms with Gasteiger partial charge in [0.15, 0.2) is 0 Å². The predicted molar refractivity (Wildman–Crippen MR) is 58.6 cm³/mol. The molecule has 1 aliphatic heterocycles. The van der Waals surface area contributed by atoms with Crippen LogP contribution in [0.1, 0.15) is 12.8 Å². The van der Waals surface area contributed by atoms with Crippen molar-refractivity contribution in [2.75, 3.05) is 32.8 Å². The quantitative estimate of drug-likeness (QED) is 0.648. The lowest BCUT2D eigenvalue weighted by Crippen LogP contribution is -2.43. The molecule has 0 radical (unpaired) electrons. The zero-order chi connectivity index (χ0) is 11.3. The zero-order valence-corrected chi connectivity index (χ0v) is 9.62. The Balaban J connectivity index is 2.74. The number of aliphatic hydroxyl groups excluding tert-OH is 1. The van der Waals surface area contributed by atoms with Gasteiger partial charge in [-0.1, -0.05) is 6.08 Å². The van der Waals surface area contributed by atoms with Crippen LogP contribution < -0.4 is 0 Å². The molecule has 0 spiro atoms. The van der Waals surface area contributed by atoms with E-state index >= 15 is 0 Å². The van der Waals surface area contributed by atoms with E-state index in [1.165, 1.54) is 14.7 Å². The monoisotopic (exact) mass is 234 g/mol. The van der Waals surface area contributed by atoms with Crippen LogP contribution in [-0.2, 0) is 10.2 Å². The van der Waals surface area contributed by atoms with Crippen LogP contribution in [0.15, 0.2) is 12.7 Å². The Labute approximate surface area is 91.2 Å². The van der Waals surface area contributed by atoms with Gasteiger partial charge in [0.1, 0.15) is 0 Å². The molecule has 0 saturated carbocycles. The van der Waals surface area contributed by atoms with Gasteiger partial charge in [-0.05, 0) is 12.8 Å². The summed E-state index contributed by atoms with van der Waals surface area (Å²) in [6.07, 6.45) is 3.36. The Hall–Kier alpha value is -0.430. The van der Waals surface area contributed by atoms with Crippen molar-refractivity contribution in [1.29, 1.82) is 0 Å². The average Bonchev–Trinajstić information content (AvgIpc) is 2.70. The molecule has 0 aromatic rings. The average molecular weight is 234 g/mol. The van der Waals surface area contributed by atoms with Crippen LogP contribution in [0.3, 0.4) is 0 Å². The standard InChI is InChI=1S/C9H18N2O3S/c1-2-5-10(8-9-12)15(13,14)11-6-3-4-7-11/h2,12H,1,3-9H2. The van der Waals surface area contributed by atoms with Crippen LogP contribution in [0.4, 0.5) is 0 Å². The minimum Gasteiger partial charge on any atom is -0.395 e. The first kappa shape index (κ1) is 12.6. The first-order valence-corrected chi connectivity index (χ1v) is 6.49. The summed E-state index contributed by atoms with van der Waals surface area (Å²) in [6.45, 7) is 4.90. The second kappa shape index (κ2) is 5.60. The van der Waals surface area contributed by atoms with Crippen molar-refractivity contribution in [2.24, 2.45) is 0 Å². The van der Waals surface area contributed by atoms with Crippen molar-refractivity contribution < 1.29 is 13.5 Å². The molecule has 0 bridgehead atoms. The fourth-order valence-electron chi connectivity index (χ4n) is 1.64. The van der Waals surface area contributed by atoms with Crippen LogP contribution in [0.5, 0.6) is 0 Å². The van der Waals surface area contributed by atoms with Gasteiger partial charge in [0.25, 0.3) is 10.2 Å². The number of hydrogen-bond acceptors (Lipinski definition) is 3. The molecule has 5 nitrogen and oxygen atoms in total. The highest BCUT2D eigenvalue weighted by atomic mass is 32.2. The summed E-state index contributed by atoms with van der Waals surface area (Å²) in [4.78, 5) is 0. The van der Waals surface area contributed by atoms with Gasteiger partial charge in [-0.2, -0.15) is 17.0 Å². The molecule has 1 heterocycles. The van der Waals surface area contributed by atoms with Gasteiger partial charge >= 0.3 is 0 Å². The highest BCUT2D eigenvalue weighted by Crippen LogP contribution is 2.16. The topological polar surface area (TPSA) is 60.9 Å². The summed E-state index contributed by atoms with van der Waals surface area (Å²) in [5.41, 5.74) is 0. The van der Waals surface area contributed by atoms with E-state index in [4.69, 9.17) is 5.11 Å². The van der Waals surface area contributed by atoms with Gasteiger partial charge in [0.05, 0.1) is 6.61 Å². The molecule has 1 saturated heterocycles. The Morgan fingerprint density at radius 1 is 1.40 bits per heavy atom. The van der Waals surface area contributed by atoms with Gasteiger partial charge in [-0.15, -0.1) is 6.58 Å². The highest BCUT2D eigenvalue weighted by molar-refractivity contribution is 7.86. The third kappa shape index (κ3) is 3.01. The first-order chi connectivity index (χ1) is 7.12. The number of hydrogen-bond donors (Lipinski definition) is 1. The molecule has 1 fully saturated rings. The molecule has 6 heteroatoms. The molecule has 0 unspecified atom stereocenters. The maximum atomic E-state index is 12.0. The second-order valence-electron chi connectivity index (χ2n) is 3.48. The Morgan fingerprint density at radius 2 is 2.00 bits per heavy atom. The van der Waals surface area contributed by atoms with Crippen LogP contribution in [0.2, 0.25) is 0 Å². The summed E-state index contributed by atoms with van der Waals surface area (Å²) in [5.74, 6) is 0. The lowest BCUT2D eigenvalue weighted by molar-refractivity contribution is 0.253. The summed E-state index contributed by atoms with van der Waals surface area (Å²) < 4.78 is 26.7. The fourth-order valence-corrected chi connectivity index (χ4v) is 3.29. The van der Waals surface area contributed by atoms with Crippen LogP contribution in [-0.4, -0.2) is 54.9 Å².